The highest BCUT2D eigenvalue weighted by Gasteiger charge is 2.11. The zero-order valence-corrected chi connectivity index (χ0v) is 10.5. The molecule has 0 aromatic carbocycles. The Balaban J connectivity index is 3.02. The molecular weight excluding hydrogens is 164 g/mol. The van der Waals surface area contributed by atoms with Crippen LogP contribution in [0, 0.1) is 0 Å². The van der Waals surface area contributed by atoms with Gasteiger partial charge in [0.1, 0.15) is 0 Å². The van der Waals surface area contributed by atoms with Crippen LogP contribution >= 0.6 is 0 Å². The summed E-state index contributed by atoms with van der Waals surface area (Å²) >= 11 is 0. The highest BCUT2D eigenvalue weighted by molar-refractivity contribution is 7.23. The Morgan fingerprint density at radius 1 is 1.00 bits per heavy atom. The lowest BCUT2D eigenvalue weighted by Gasteiger charge is -2.13. The van der Waals surface area contributed by atoms with Crippen LogP contribution in [0.1, 0.15) is 32.6 Å². The third kappa shape index (κ3) is 10.4. The van der Waals surface area contributed by atoms with Crippen LogP contribution in [0.5, 0.6) is 0 Å². The lowest BCUT2D eigenvalue weighted by molar-refractivity contribution is 0.701. The van der Waals surface area contributed by atoms with Crippen LogP contribution in [0.15, 0.2) is 0 Å². The van der Waals surface area contributed by atoms with Crippen molar-refractivity contribution in [1.82, 2.24) is 0 Å². The van der Waals surface area contributed by atoms with Crippen molar-refractivity contribution >= 4 is 16.6 Å². The van der Waals surface area contributed by atoms with E-state index in [0.717, 1.165) is 0 Å². The zero-order valence-electron chi connectivity index (χ0n) is 8.54. The average Bonchev–Trinajstić information content (AvgIpc) is 1.85. The predicted molar refractivity (Wildman–Crippen MR) is 58.0 cm³/mol. The fourth-order valence-corrected chi connectivity index (χ4v) is 4.97. The van der Waals surface area contributed by atoms with Crippen LogP contribution in [0.25, 0.3) is 0 Å². The fourth-order valence-electron chi connectivity index (χ4n) is 1.02. The van der Waals surface area contributed by atoms with Crippen molar-refractivity contribution in [2.75, 3.05) is 0 Å². The molecule has 0 aromatic heterocycles. The molecule has 0 bridgehead atoms. The van der Waals surface area contributed by atoms with Gasteiger partial charge in [0.15, 0.2) is 0 Å². The van der Waals surface area contributed by atoms with E-state index in [9.17, 15) is 0 Å². The normalized spacial score (nSPS) is 12.0. The van der Waals surface area contributed by atoms with E-state index in [1.54, 1.807) is 0 Å². The molecule has 11 heavy (non-hydrogen) atoms. The summed E-state index contributed by atoms with van der Waals surface area (Å²) in [5.74, 6) is 0. The molecule has 0 aliphatic rings. The van der Waals surface area contributed by atoms with E-state index in [1.807, 2.05) is 0 Å². The van der Waals surface area contributed by atoms with Crippen molar-refractivity contribution in [2.24, 2.45) is 0 Å². The zero-order chi connectivity index (χ0) is 8.74. The molecule has 0 heterocycles. The van der Waals surface area contributed by atoms with Gasteiger partial charge in [-0.05, 0) is 0 Å². The lowest BCUT2D eigenvalue weighted by atomic mass is 10.2. The Morgan fingerprint density at radius 2 is 1.64 bits per heavy atom. The standard InChI is InChI=1S/C9H22Si2/c1-5-6-7-8-9-10-11(2,3)4/h5-9H2,1-4H3. The Labute approximate surface area is 75.4 Å². The quantitative estimate of drug-likeness (QED) is 0.440. The van der Waals surface area contributed by atoms with Crippen molar-refractivity contribution in [3.05, 3.63) is 0 Å². The largest absolute Gasteiger partial charge is 0.0719 e. The number of unbranched alkanes of at least 4 members (excludes halogenated alkanes) is 3. The first-order valence-corrected chi connectivity index (χ1v) is 10.5. The Hall–Kier alpha value is 0.434. The molecule has 0 aromatic rings. The third-order valence-electron chi connectivity index (χ3n) is 1.69. The summed E-state index contributed by atoms with van der Waals surface area (Å²) in [6.45, 7) is 9.71. The van der Waals surface area contributed by atoms with Gasteiger partial charge in [0.25, 0.3) is 0 Å². The highest BCUT2D eigenvalue weighted by atomic mass is 29.2. The van der Waals surface area contributed by atoms with Crippen LogP contribution in [0.4, 0.5) is 0 Å². The van der Waals surface area contributed by atoms with Crippen LogP contribution < -0.4 is 0 Å². The molecule has 0 nitrogen and oxygen atoms in total. The van der Waals surface area contributed by atoms with Crippen LogP contribution in [0.3, 0.4) is 0 Å². The first-order valence-electron chi connectivity index (χ1n) is 4.81. The summed E-state index contributed by atoms with van der Waals surface area (Å²) < 4.78 is 0. The monoisotopic (exact) mass is 186 g/mol. The molecule has 2 radical (unpaired) electrons. The summed E-state index contributed by atoms with van der Waals surface area (Å²) in [4.78, 5) is 0. The predicted octanol–water partition coefficient (Wildman–Crippen LogP) is 3.52. The molecule has 0 aliphatic carbocycles. The van der Waals surface area contributed by atoms with Crippen LogP contribution in [0.2, 0.25) is 25.7 Å². The maximum absolute atomic E-state index is 2.48. The van der Waals surface area contributed by atoms with Gasteiger partial charge in [0.05, 0.1) is 0 Å². The first-order chi connectivity index (χ1) is 5.06. The van der Waals surface area contributed by atoms with Crippen molar-refractivity contribution in [3.63, 3.8) is 0 Å². The molecule has 0 amide bonds. The van der Waals surface area contributed by atoms with Crippen LogP contribution in [-0.2, 0) is 0 Å². The van der Waals surface area contributed by atoms with Gasteiger partial charge in [-0.1, -0.05) is 58.3 Å². The van der Waals surface area contributed by atoms with E-state index in [-0.39, 0.29) is 0 Å². The molecule has 0 rings (SSSR count). The maximum Gasteiger partial charge on any atom is 0.0327 e. The number of rotatable bonds is 6. The second-order valence-corrected chi connectivity index (χ2v) is 15.2. The van der Waals surface area contributed by atoms with E-state index in [4.69, 9.17) is 0 Å². The minimum atomic E-state index is -0.690. The molecular formula is C9H22Si2. The Morgan fingerprint density at radius 3 is 2.09 bits per heavy atom. The van der Waals surface area contributed by atoms with E-state index < -0.39 is 7.59 Å². The van der Waals surface area contributed by atoms with E-state index in [2.05, 4.69) is 26.6 Å². The van der Waals surface area contributed by atoms with Gasteiger partial charge >= 0.3 is 0 Å². The van der Waals surface area contributed by atoms with Gasteiger partial charge in [-0.3, -0.25) is 0 Å². The number of hydrogen-bond donors (Lipinski definition) is 0. The molecule has 0 saturated carbocycles. The summed E-state index contributed by atoms with van der Waals surface area (Å²) in [6, 6.07) is 1.51. The molecule has 0 spiro atoms. The van der Waals surface area contributed by atoms with Gasteiger partial charge in [-0.25, -0.2) is 0 Å². The molecule has 2 heteroatoms. The SMILES string of the molecule is CCCCCC[Si][Si](C)(C)C. The minimum absolute atomic E-state index is 0.690. The van der Waals surface area contributed by atoms with Crippen molar-refractivity contribution in [3.8, 4) is 0 Å². The Bertz CT molecular complexity index is 84.1. The summed E-state index contributed by atoms with van der Waals surface area (Å²) in [6.07, 6.45) is 5.76. The molecule has 0 unspecified atom stereocenters. The molecule has 0 atom stereocenters. The smallest absolute Gasteiger partial charge is 0.0327 e. The fraction of sp³-hybridized carbons (Fsp3) is 1.00. The maximum atomic E-state index is 2.48. The second-order valence-electron chi connectivity index (χ2n) is 4.24. The van der Waals surface area contributed by atoms with Gasteiger partial charge < -0.3 is 0 Å². The van der Waals surface area contributed by atoms with E-state index in [0.29, 0.717) is 0 Å². The van der Waals surface area contributed by atoms with Gasteiger partial charge in [0, 0.05) is 16.6 Å². The topological polar surface area (TPSA) is 0 Å². The number of hydrogen-bond acceptors (Lipinski definition) is 0. The van der Waals surface area contributed by atoms with Gasteiger partial charge in [-0.2, -0.15) is 0 Å². The van der Waals surface area contributed by atoms with Crippen molar-refractivity contribution in [2.45, 2.75) is 58.3 Å². The molecule has 0 saturated heterocycles. The minimum Gasteiger partial charge on any atom is -0.0719 e. The molecule has 0 aliphatic heterocycles. The second kappa shape index (κ2) is 6.01. The van der Waals surface area contributed by atoms with Crippen LogP contribution in [-0.4, -0.2) is 16.6 Å². The third-order valence-corrected chi connectivity index (χ3v) is 7.28. The molecule has 66 valence electrons. The first kappa shape index (κ1) is 11.4. The molecule has 0 N–H and O–H groups in total. The summed E-state index contributed by atoms with van der Waals surface area (Å²) in [5, 5.41) is 0. The van der Waals surface area contributed by atoms with Crippen molar-refractivity contribution in [1.29, 1.82) is 0 Å². The van der Waals surface area contributed by atoms with Gasteiger partial charge in [0.2, 0.25) is 0 Å². The van der Waals surface area contributed by atoms with Gasteiger partial charge in [-0.15, -0.1) is 0 Å². The summed E-state index contributed by atoms with van der Waals surface area (Å²) in [7, 11) is 0.602. The molecule has 0 fully saturated rings. The van der Waals surface area contributed by atoms with Crippen molar-refractivity contribution < 1.29 is 0 Å². The lowest BCUT2D eigenvalue weighted by Crippen LogP contribution is -2.29. The average molecular weight is 186 g/mol. The highest BCUT2D eigenvalue weighted by Crippen LogP contribution is 2.07. The summed E-state index contributed by atoms with van der Waals surface area (Å²) in [5.41, 5.74) is 0. The van der Waals surface area contributed by atoms with E-state index >= 15 is 0 Å². The Kier molecular flexibility index (Phi) is 6.24. The van der Waals surface area contributed by atoms with E-state index in [1.165, 1.54) is 40.8 Å².